The lowest BCUT2D eigenvalue weighted by Crippen LogP contribution is -2.20. The number of halogens is 2. The zero-order chi connectivity index (χ0) is 12.3. The maximum atomic E-state index is 13.6. The van der Waals surface area contributed by atoms with Crippen molar-refractivity contribution < 1.29 is 8.78 Å². The zero-order valence-electron chi connectivity index (χ0n) is 9.83. The summed E-state index contributed by atoms with van der Waals surface area (Å²) < 4.78 is 27.1. The van der Waals surface area contributed by atoms with Gasteiger partial charge >= 0.3 is 0 Å². The topological polar surface area (TPSA) is 29.3 Å². The van der Waals surface area contributed by atoms with Gasteiger partial charge in [-0.1, -0.05) is 12.1 Å². The Kier molecular flexibility index (Phi) is 3.62. The van der Waals surface area contributed by atoms with Crippen molar-refractivity contribution in [2.75, 3.05) is 24.5 Å². The Morgan fingerprint density at radius 2 is 1.71 bits per heavy atom. The molecule has 1 saturated heterocycles. The van der Waals surface area contributed by atoms with E-state index in [0.717, 1.165) is 18.8 Å². The van der Waals surface area contributed by atoms with E-state index in [4.69, 9.17) is 5.73 Å². The number of anilines is 1. The van der Waals surface area contributed by atoms with Crippen LogP contribution in [0.1, 0.15) is 24.8 Å². The van der Waals surface area contributed by atoms with Gasteiger partial charge in [0.1, 0.15) is 0 Å². The number of benzene rings is 1. The van der Waals surface area contributed by atoms with Crippen LogP contribution in [-0.4, -0.2) is 19.6 Å². The largest absolute Gasteiger partial charge is 0.372 e. The molecule has 1 fully saturated rings. The highest BCUT2D eigenvalue weighted by atomic mass is 19.3. The molecule has 0 bridgehead atoms. The van der Waals surface area contributed by atoms with E-state index >= 15 is 0 Å². The van der Waals surface area contributed by atoms with E-state index < -0.39 is 5.92 Å². The molecule has 1 aliphatic heterocycles. The van der Waals surface area contributed by atoms with Crippen molar-refractivity contribution in [2.24, 2.45) is 5.73 Å². The van der Waals surface area contributed by atoms with Crippen LogP contribution in [0, 0.1) is 0 Å². The van der Waals surface area contributed by atoms with Gasteiger partial charge in [-0.05, 0) is 31.5 Å². The molecule has 4 heteroatoms. The molecule has 0 aromatic heterocycles. The number of alkyl halides is 2. The number of hydrogen-bond donors (Lipinski definition) is 1. The second-order valence-corrected chi connectivity index (χ2v) is 4.48. The summed E-state index contributed by atoms with van der Waals surface area (Å²) in [6, 6.07) is 6.60. The number of rotatable bonds is 4. The van der Waals surface area contributed by atoms with Gasteiger partial charge in [-0.2, -0.15) is 0 Å². The predicted octanol–water partition coefficient (Wildman–Crippen LogP) is 2.73. The molecule has 17 heavy (non-hydrogen) atoms. The minimum absolute atomic E-state index is 0.000869. The van der Waals surface area contributed by atoms with Crippen molar-refractivity contribution in [1.29, 1.82) is 0 Å². The second kappa shape index (κ2) is 5.00. The van der Waals surface area contributed by atoms with Gasteiger partial charge in [-0.15, -0.1) is 0 Å². The molecule has 0 saturated carbocycles. The quantitative estimate of drug-likeness (QED) is 0.876. The van der Waals surface area contributed by atoms with Crippen molar-refractivity contribution in [3.05, 3.63) is 29.8 Å². The number of nitrogens with two attached hydrogens (primary N) is 1. The molecular weight excluding hydrogens is 222 g/mol. The van der Waals surface area contributed by atoms with Gasteiger partial charge in [0.15, 0.2) is 0 Å². The number of hydrogen-bond acceptors (Lipinski definition) is 2. The highest BCUT2D eigenvalue weighted by Crippen LogP contribution is 2.32. The zero-order valence-corrected chi connectivity index (χ0v) is 9.83. The van der Waals surface area contributed by atoms with E-state index in [2.05, 4.69) is 4.90 Å². The minimum atomic E-state index is -2.81. The average molecular weight is 240 g/mol. The van der Waals surface area contributed by atoms with Crippen molar-refractivity contribution in [1.82, 2.24) is 0 Å². The molecule has 0 radical (unpaired) electrons. The first kappa shape index (κ1) is 12.3. The smallest absolute Gasteiger partial charge is 0.274 e. The highest BCUT2D eigenvalue weighted by molar-refractivity contribution is 5.48. The summed E-state index contributed by atoms with van der Waals surface area (Å²) in [6.07, 6.45) is 2.08. The predicted molar refractivity (Wildman–Crippen MR) is 65.5 cm³/mol. The molecule has 2 N–H and O–H groups in total. The average Bonchev–Trinajstić information content (AvgIpc) is 2.82. The van der Waals surface area contributed by atoms with Gasteiger partial charge in [-0.3, -0.25) is 0 Å². The van der Waals surface area contributed by atoms with E-state index in [1.54, 1.807) is 12.1 Å². The Hall–Kier alpha value is -1.16. The van der Waals surface area contributed by atoms with Gasteiger partial charge in [0, 0.05) is 30.8 Å². The Labute approximate surface area is 100 Å². The van der Waals surface area contributed by atoms with Crippen molar-refractivity contribution in [3.63, 3.8) is 0 Å². The van der Waals surface area contributed by atoms with Gasteiger partial charge in [0.2, 0.25) is 0 Å². The Balaban J connectivity index is 2.12. The van der Waals surface area contributed by atoms with Crippen molar-refractivity contribution in [2.45, 2.75) is 25.2 Å². The Bertz CT molecular complexity index is 356. The van der Waals surface area contributed by atoms with Crippen molar-refractivity contribution in [3.8, 4) is 0 Å². The molecule has 0 amide bonds. The van der Waals surface area contributed by atoms with Gasteiger partial charge in [0.25, 0.3) is 5.92 Å². The third-order valence-electron chi connectivity index (χ3n) is 3.22. The van der Waals surface area contributed by atoms with E-state index in [9.17, 15) is 8.78 Å². The third kappa shape index (κ3) is 2.75. The third-order valence-corrected chi connectivity index (χ3v) is 3.22. The lowest BCUT2D eigenvalue weighted by atomic mass is 10.1. The Morgan fingerprint density at radius 1 is 1.12 bits per heavy atom. The lowest BCUT2D eigenvalue weighted by Gasteiger charge is -2.20. The van der Waals surface area contributed by atoms with Crippen LogP contribution in [0.2, 0.25) is 0 Å². The summed E-state index contributed by atoms with van der Waals surface area (Å²) in [5.74, 6) is -2.81. The molecule has 2 rings (SSSR count). The van der Waals surface area contributed by atoms with E-state index in [1.807, 2.05) is 0 Å². The SMILES string of the molecule is NCCC(F)(F)c1ccc(N2CCCC2)cc1. The minimum Gasteiger partial charge on any atom is -0.372 e. The van der Waals surface area contributed by atoms with Crippen LogP contribution in [0.4, 0.5) is 14.5 Å². The second-order valence-electron chi connectivity index (χ2n) is 4.48. The van der Waals surface area contributed by atoms with Gasteiger partial charge in [-0.25, -0.2) is 8.78 Å². The fraction of sp³-hybridized carbons (Fsp3) is 0.538. The van der Waals surface area contributed by atoms with Gasteiger partial charge < -0.3 is 10.6 Å². The molecule has 1 aromatic rings. The summed E-state index contributed by atoms with van der Waals surface area (Å²) in [7, 11) is 0. The van der Waals surface area contributed by atoms with E-state index in [-0.39, 0.29) is 18.5 Å². The molecular formula is C13H18F2N2. The molecule has 0 unspecified atom stereocenters. The molecule has 0 aliphatic carbocycles. The molecule has 1 aliphatic rings. The standard InChI is InChI=1S/C13H18F2N2/c14-13(15,7-8-16)11-3-5-12(6-4-11)17-9-1-2-10-17/h3-6H,1-2,7-10,16H2. The van der Waals surface area contributed by atoms with Crippen LogP contribution in [0.15, 0.2) is 24.3 Å². The highest BCUT2D eigenvalue weighted by Gasteiger charge is 2.30. The van der Waals surface area contributed by atoms with Gasteiger partial charge in [0.05, 0.1) is 0 Å². The summed E-state index contributed by atoms with van der Waals surface area (Å²) in [4.78, 5) is 2.23. The summed E-state index contributed by atoms with van der Waals surface area (Å²) in [5, 5.41) is 0. The van der Waals surface area contributed by atoms with E-state index in [0.29, 0.717) is 0 Å². The normalized spacial score (nSPS) is 16.5. The fourth-order valence-electron chi connectivity index (χ4n) is 2.22. The van der Waals surface area contributed by atoms with Crippen LogP contribution in [0.25, 0.3) is 0 Å². The summed E-state index contributed by atoms with van der Waals surface area (Å²) >= 11 is 0. The Morgan fingerprint density at radius 3 is 2.24 bits per heavy atom. The van der Waals surface area contributed by atoms with Crippen LogP contribution in [0.5, 0.6) is 0 Å². The maximum Gasteiger partial charge on any atom is 0.274 e. The first-order chi connectivity index (χ1) is 8.13. The van der Waals surface area contributed by atoms with Crippen molar-refractivity contribution >= 4 is 5.69 Å². The number of nitrogens with zero attached hydrogens (tertiary/aromatic N) is 1. The summed E-state index contributed by atoms with van der Waals surface area (Å²) in [5.41, 5.74) is 6.29. The lowest BCUT2D eigenvalue weighted by molar-refractivity contribution is -0.0107. The molecule has 1 heterocycles. The van der Waals surface area contributed by atoms with Crippen LogP contribution in [0.3, 0.4) is 0 Å². The molecule has 94 valence electrons. The summed E-state index contributed by atoms with van der Waals surface area (Å²) in [6.45, 7) is 2.05. The van der Waals surface area contributed by atoms with Crippen LogP contribution in [-0.2, 0) is 5.92 Å². The molecule has 0 atom stereocenters. The molecule has 2 nitrogen and oxygen atoms in total. The molecule has 1 aromatic carbocycles. The first-order valence-corrected chi connectivity index (χ1v) is 6.07. The maximum absolute atomic E-state index is 13.6. The molecule has 0 spiro atoms. The fourth-order valence-corrected chi connectivity index (χ4v) is 2.22. The van der Waals surface area contributed by atoms with Crippen LogP contribution >= 0.6 is 0 Å². The van der Waals surface area contributed by atoms with Crippen LogP contribution < -0.4 is 10.6 Å². The first-order valence-electron chi connectivity index (χ1n) is 6.07. The monoisotopic (exact) mass is 240 g/mol. The van der Waals surface area contributed by atoms with E-state index in [1.165, 1.54) is 25.0 Å².